The molecule has 0 aliphatic heterocycles. The number of pyridine rings is 1. The van der Waals surface area contributed by atoms with E-state index in [0.29, 0.717) is 13.1 Å². The number of benzene rings is 1. The van der Waals surface area contributed by atoms with Crippen LogP contribution in [-0.2, 0) is 13.1 Å². The van der Waals surface area contributed by atoms with Crippen LogP contribution >= 0.6 is 0 Å². The van der Waals surface area contributed by atoms with E-state index in [2.05, 4.69) is 15.0 Å². The van der Waals surface area contributed by atoms with Crippen molar-refractivity contribution in [2.24, 2.45) is 5.73 Å². The molecule has 0 aliphatic rings. The van der Waals surface area contributed by atoms with Crippen molar-refractivity contribution in [3.8, 4) is 5.88 Å². The highest BCUT2D eigenvalue weighted by atomic mass is 19.4. The Kier molecular flexibility index (Phi) is 5.75. The quantitative estimate of drug-likeness (QED) is 0.847. The fraction of sp³-hybridized carbons (Fsp3) is 0.250. The Morgan fingerprint density at radius 1 is 1.17 bits per heavy atom. The molecule has 0 unspecified atom stereocenters. The minimum atomic E-state index is -4.44. The van der Waals surface area contributed by atoms with E-state index in [1.165, 1.54) is 12.1 Å². The molecule has 1 aromatic carbocycles. The maximum atomic E-state index is 12.0. The minimum Gasteiger partial charge on any atom is -0.468 e. The third kappa shape index (κ3) is 5.24. The van der Waals surface area contributed by atoms with Crippen LogP contribution in [0.25, 0.3) is 0 Å². The molecule has 0 atom stereocenters. The van der Waals surface area contributed by atoms with Crippen LogP contribution < -0.4 is 15.8 Å². The van der Waals surface area contributed by atoms with Crippen molar-refractivity contribution in [2.45, 2.75) is 19.3 Å². The number of nitrogens with one attached hydrogen (secondary N) is 1. The van der Waals surface area contributed by atoms with Gasteiger partial charge in [0.2, 0.25) is 5.88 Å². The molecule has 8 heteroatoms. The molecule has 5 nitrogen and oxygen atoms in total. The van der Waals surface area contributed by atoms with E-state index in [4.69, 9.17) is 5.73 Å². The number of carbonyl (C=O) groups excluding carboxylic acids is 1. The fourth-order valence-electron chi connectivity index (χ4n) is 1.96. The summed E-state index contributed by atoms with van der Waals surface area (Å²) in [6.07, 6.45) is -3.27. The molecule has 0 radical (unpaired) electrons. The number of aromatic nitrogens is 1. The molecule has 0 saturated heterocycles. The zero-order valence-electron chi connectivity index (χ0n) is 12.6. The van der Waals surface area contributed by atoms with E-state index in [9.17, 15) is 18.0 Å². The monoisotopic (exact) mass is 339 g/mol. The van der Waals surface area contributed by atoms with Crippen molar-refractivity contribution in [3.05, 3.63) is 59.3 Å². The smallest absolute Gasteiger partial charge is 0.422 e. The van der Waals surface area contributed by atoms with Crippen LogP contribution in [0.3, 0.4) is 0 Å². The van der Waals surface area contributed by atoms with E-state index in [-0.39, 0.29) is 11.4 Å². The first-order valence-electron chi connectivity index (χ1n) is 7.09. The Labute approximate surface area is 136 Å². The molecular formula is C16H16F3N3O2. The number of hydrogen-bond donors (Lipinski definition) is 2. The first-order valence-corrected chi connectivity index (χ1v) is 7.09. The summed E-state index contributed by atoms with van der Waals surface area (Å²) in [5, 5.41) is 2.71. The zero-order valence-corrected chi connectivity index (χ0v) is 12.6. The molecular weight excluding hydrogens is 323 g/mol. The Morgan fingerprint density at radius 2 is 1.88 bits per heavy atom. The SMILES string of the molecule is NCc1ccccc1CNC(=O)c1ccc(OCC(F)(F)F)nc1. The first kappa shape index (κ1) is 17.7. The highest BCUT2D eigenvalue weighted by Gasteiger charge is 2.28. The number of amides is 1. The lowest BCUT2D eigenvalue weighted by Gasteiger charge is -2.10. The number of rotatable bonds is 6. The summed E-state index contributed by atoms with van der Waals surface area (Å²) in [5.74, 6) is -0.589. The molecule has 0 saturated carbocycles. The van der Waals surface area contributed by atoms with E-state index in [0.717, 1.165) is 17.3 Å². The van der Waals surface area contributed by atoms with Gasteiger partial charge in [0.15, 0.2) is 6.61 Å². The van der Waals surface area contributed by atoms with Gasteiger partial charge in [0.1, 0.15) is 0 Å². The average molecular weight is 339 g/mol. The van der Waals surface area contributed by atoms with Crippen molar-refractivity contribution in [1.29, 1.82) is 0 Å². The normalized spacial score (nSPS) is 11.2. The Balaban J connectivity index is 1.93. The number of halogens is 3. The van der Waals surface area contributed by atoms with Crippen LogP contribution in [0, 0.1) is 0 Å². The predicted octanol–water partition coefficient (Wildman–Crippen LogP) is 2.41. The van der Waals surface area contributed by atoms with Gasteiger partial charge in [0.05, 0.1) is 5.56 Å². The van der Waals surface area contributed by atoms with E-state index < -0.39 is 18.7 Å². The molecule has 1 amide bonds. The van der Waals surface area contributed by atoms with Crippen LogP contribution in [0.4, 0.5) is 13.2 Å². The lowest BCUT2D eigenvalue weighted by molar-refractivity contribution is -0.154. The first-order chi connectivity index (χ1) is 11.4. The van der Waals surface area contributed by atoms with E-state index >= 15 is 0 Å². The maximum absolute atomic E-state index is 12.0. The lowest BCUT2D eigenvalue weighted by Crippen LogP contribution is -2.24. The van der Waals surface area contributed by atoms with Gasteiger partial charge in [-0.1, -0.05) is 24.3 Å². The number of ether oxygens (including phenoxy) is 1. The number of alkyl halides is 3. The minimum absolute atomic E-state index is 0.197. The third-order valence-corrected chi connectivity index (χ3v) is 3.16. The van der Waals surface area contributed by atoms with Crippen LogP contribution in [0.15, 0.2) is 42.6 Å². The molecule has 3 N–H and O–H groups in total. The van der Waals surface area contributed by atoms with Gasteiger partial charge in [-0.15, -0.1) is 0 Å². The number of nitrogens with zero attached hydrogens (tertiary/aromatic N) is 1. The van der Waals surface area contributed by atoms with Crippen molar-refractivity contribution >= 4 is 5.91 Å². The van der Waals surface area contributed by atoms with Crippen molar-refractivity contribution in [3.63, 3.8) is 0 Å². The van der Waals surface area contributed by atoms with Gasteiger partial charge in [0, 0.05) is 25.4 Å². The molecule has 1 aromatic heterocycles. The van der Waals surface area contributed by atoms with E-state index in [1.54, 1.807) is 0 Å². The maximum Gasteiger partial charge on any atom is 0.422 e. The summed E-state index contributed by atoms with van der Waals surface area (Å²) in [4.78, 5) is 15.7. The predicted molar refractivity (Wildman–Crippen MR) is 81.3 cm³/mol. The van der Waals surface area contributed by atoms with Crippen molar-refractivity contribution in [2.75, 3.05) is 6.61 Å². The molecule has 0 bridgehead atoms. The molecule has 0 aliphatic carbocycles. The highest BCUT2D eigenvalue weighted by Crippen LogP contribution is 2.17. The van der Waals surface area contributed by atoms with Crippen LogP contribution in [-0.4, -0.2) is 23.7 Å². The van der Waals surface area contributed by atoms with Crippen LogP contribution in [0.1, 0.15) is 21.5 Å². The summed E-state index contributed by atoms with van der Waals surface area (Å²) in [6.45, 7) is -0.779. The third-order valence-electron chi connectivity index (χ3n) is 3.16. The van der Waals surface area contributed by atoms with Gasteiger partial charge in [-0.2, -0.15) is 13.2 Å². The Hall–Kier alpha value is -2.61. The Morgan fingerprint density at radius 3 is 2.46 bits per heavy atom. The molecule has 24 heavy (non-hydrogen) atoms. The van der Waals surface area contributed by atoms with Gasteiger partial charge in [-0.25, -0.2) is 4.98 Å². The second-order valence-electron chi connectivity index (χ2n) is 4.94. The lowest BCUT2D eigenvalue weighted by atomic mass is 10.1. The van der Waals surface area contributed by atoms with Crippen LogP contribution in [0.5, 0.6) is 5.88 Å². The number of carbonyl (C=O) groups is 1. The van der Waals surface area contributed by atoms with Gasteiger partial charge in [-0.3, -0.25) is 4.79 Å². The second-order valence-corrected chi connectivity index (χ2v) is 4.94. The molecule has 1 heterocycles. The summed E-state index contributed by atoms with van der Waals surface area (Å²) < 4.78 is 40.6. The van der Waals surface area contributed by atoms with Crippen molar-refractivity contribution in [1.82, 2.24) is 10.3 Å². The molecule has 0 fully saturated rings. The molecule has 0 spiro atoms. The second kappa shape index (κ2) is 7.78. The van der Waals surface area contributed by atoms with Crippen LogP contribution in [0.2, 0.25) is 0 Å². The van der Waals surface area contributed by atoms with Gasteiger partial charge >= 0.3 is 6.18 Å². The topological polar surface area (TPSA) is 77.2 Å². The molecule has 2 rings (SSSR count). The number of hydrogen-bond acceptors (Lipinski definition) is 4. The highest BCUT2D eigenvalue weighted by molar-refractivity contribution is 5.93. The Bertz CT molecular complexity index is 688. The fourth-order valence-corrected chi connectivity index (χ4v) is 1.96. The average Bonchev–Trinajstić information content (AvgIpc) is 2.58. The van der Waals surface area contributed by atoms with Gasteiger partial charge in [0.25, 0.3) is 5.91 Å². The summed E-state index contributed by atoms with van der Waals surface area (Å²) in [5.41, 5.74) is 7.67. The standard InChI is InChI=1S/C16H16F3N3O2/c17-16(18,19)10-24-14-6-5-13(9-21-14)15(23)22-8-12-4-2-1-3-11(12)7-20/h1-6,9H,7-8,10,20H2,(H,22,23). The van der Waals surface area contributed by atoms with Crippen molar-refractivity contribution < 1.29 is 22.7 Å². The molecule has 128 valence electrons. The van der Waals surface area contributed by atoms with E-state index in [1.807, 2.05) is 24.3 Å². The molecule has 2 aromatic rings. The van der Waals surface area contributed by atoms with Gasteiger partial charge < -0.3 is 15.8 Å². The summed E-state index contributed by atoms with van der Waals surface area (Å²) >= 11 is 0. The number of nitrogens with two attached hydrogens (primary N) is 1. The zero-order chi connectivity index (χ0) is 17.6. The summed E-state index contributed by atoms with van der Waals surface area (Å²) in [7, 11) is 0. The largest absolute Gasteiger partial charge is 0.468 e. The summed E-state index contributed by atoms with van der Waals surface area (Å²) in [6, 6.07) is 9.99. The van der Waals surface area contributed by atoms with Gasteiger partial charge in [-0.05, 0) is 17.2 Å².